The molecule has 1 fully saturated rings. The Labute approximate surface area is 87.6 Å². The molecule has 4 heteroatoms. The Kier molecular flexibility index (Phi) is 2.82. The molecule has 2 rings (SSSR count). The van der Waals surface area contributed by atoms with Gasteiger partial charge in [0.1, 0.15) is 0 Å². The fourth-order valence-electron chi connectivity index (χ4n) is 1.33. The number of amides is 1. The van der Waals surface area contributed by atoms with E-state index in [2.05, 4.69) is 15.7 Å². The predicted octanol–water partition coefficient (Wildman–Crippen LogP) is 1.52. The van der Waals surface area contributed by atoms with Crippen LogP contribution in [0.5, 0.6) is 0 Å². The molecule has 0 saturated heterocycles. The highest BCUT2D eigenvalue weighted by Crippen LogP contribution is 2.28. The molecule has 0 aromatic carbocycles. The Morgan fingerprint density at radius 1 is 1.71 bits per heavy atom. The van der Waals surface area contributed by atoms with E-state index in [1.54, 1.807) is 11.3 Å². The molecule has 1 aromatic heterocycles. The van der Waals surface area contributed by atoms with Gasteiger partial charge in [0, 0.05) is 24.3 Å². The van der Waals surface area contributed by atoms with Crippen molar-refractivity contribution in [2.24, 2.45) is 5.92 Å². The van der Waals surface area contributed by atoms with Crippen LogP contribution in [-0.2, 0) is 11.2 Å². The normalized spacial score (nSPS) is 15.5. The van der Waals surface area contributed by atoms with Crippen molar-refractivity contribution in [2.75, 3.05) is 6.54 Å². The molecular formula is C10H14N2OS. The van der Waals surface area contributed by atoms with Gasteiger partial charge in [0.05, 0.1) is 10.7 Å². The number of nitrogens with zero attached hydrogens (tertiary/aromatic N) is 1. The number of hydrogen-bond acceptors (Lipinski definition) is 3. The fourth-order valence-corrected chi connectivity index (χ4v) is 1.97. The molecule has 0 unspecified atom stereocenters. The van der Waals surface area contributed by atoms with Crippen LogP contribution in [0.4, 0.5) is 0 Å². The zero-order valence-corrected chi connectivity index (χ0v) is 9.06. The first-order valence-electron chi connectivity index (χ1n) is 4.94. The Balaban J connectivity index is 1.69. The molecule has 14 heavy (non-hydrogen) atoms. The third-order valence-electron chi connectivity index (χ3n) is 2.30. The third-order valence-corrected chi connectivity index (χ3v) is 3.12. The molecule has 0 spiro atoms. The van der Waals surface area contributed by atoms with Gasteiger partial charge in [-0.1, -0.05) is 0 Å². The second-order valence-corrected chi connectivity index (χ2v) is 4.74. The Hall–Kier alpha value is -0.900. The van der Waals surface area contributed by atoms with Gasteiger partial charge in [0.25, 0.3) is 0 Å². The standard InChI is InChI=1S/C10H14N2OS/c1-7-12-9(6-14-7)4-5-11-10(13)8-2-3-8/h6,8H,2-5H2,1H3,(H,11,13). The Bertz CT molecular complexity index is 331. The molecule has 1 N–H and O–H groups in total. The number of carbonyl (C=O) groups is 1. The minimum absolute atomic E-state index is 0.219. The highest BCUT2D eigenvalue weighted by atomic mass is 32.1. The summed E-state index contributed by atoms with van der Waals surface area (Å²) in [5.74, 6) is 0.532. The number of aryl methyl sites for hydroxylation is 1. The van der Waals surface area contributed by atoms with E-state index in [1.807, 2.05) is 6.92 Å². The number of carbonyl (C=O) groups excluding carboxylic acids is 1. The summed E-state index contributed by atoms with van der Waals surface area (Å²) < 4.78 is 0. The van der Waals surface area contributed by atoms with Gasteiger partial charge in [0.15, 0.2) is 0 Å². The van der Waals surface area contributed by atoms with Crippen LogP contribution in [0.2, 0.25) is 0 Å². The van der Waals surface area contributed by atoms with Crippen LogP contribution >= 0.6 is 11.3 Å². The lowest BCUT2D eigenvalue weighted by molar-refractivity contribution is -0.122. The lowest BCUT2D eigenvalue weighted by Crippen LogP contribution is -2.26. The fraction of sp³-hybridized carbons (Fsp3) is 0.600. The summed E-state index contributed by atoms with van der Waals surface area (Å²) in [4.78, 5) is 15.6. The number of rotatable bonds is 4. The van der Waals surface area contributed by atoms with Crippen molar-refractivity contribution in [2.45, 2.75) is 26.2 Å². The van der Waals surface area contributed by atoms with Crippen molar-refractivity contribution in [1.29, 1.82) is 0 Å². The van der Waals surface area contributed by atoms with Crippen LogP contribution in [0.1, 0.15) is 23.5 Å². The lowest BCUT2D eigenvalue weighted by Gasteiger charge is -2.01. The summed E-state index contributed by atoms with van der Waals surface area (Å²) >= 11 is 1.66. The number of nitrogens with one attached hydrogen (secondary N) is 1. The Morgan fingerprint density at radius 3 is 3.07 bits per heavy atom. The first-order chi connectivity index (χ1) is 6.75. The summed E-state index contributed by atoms with van der Waals surface area (Å²) in [5, 5.41) is 6.07. The largest absolute Gasteiger partial charge is 0.355 e. The van der Waals surface area contributed by atoms with Crippen molar-refractivity contribution in [1.82, 2.24) is 10.3 Å². The highest BCUT2D eigenvalue weighted by molar-refractivity contribution is 7.09. The van der Waals surface area contributed by atoms with Gasteiger partial charge in [-0.3, -0.25) is 4.79 Å². The molecule has 1 heterocycles. The molecule has 1 aliphatic carbocycles. The molecule has 0 aliphatic heterocycles. The average Bonchev–Trinajstić information content (AvgIpc) is 2.92. The van der Waals surface area contributed by atoms with E-state index < -0.39 is 0 Å². The predicted molar refractivity (Wildman–Crippen MR) is 56.3 cm³/mol. The maximum Gasteiger partial charge on any atom is 0.223 e. The van der Waals surface area contributed by atoms with Gasteiger partial charge < -0.3 is 5.32 Å². The molecule has 0 radical (unpaired) electrons. The summed E-state index contributed by atoms with van der Waals surface area (Å²) in [6, 6.07) is 0. The molecule has 0 bridgehead atoms. The first kappa shape index (κ1) is 9.65. The van der Waals surface area contributed by atoms with Crippen molar-refractivity contribution in [3.05, 3.63) is 16.1 Å². The molecule has 76 valence electrons. The zero-order chi connectivity index (χ0) is 9.97. The van der Waals surface area contributed by atoms with Crippen molar-refractivity contribution < 1.29 is 4.79 Å². The van der Waals surface area contributed by atoms with Gasteiger partial charge in [-0.05, 0) is 19.8 Å². The summed E-state index contributed by atoms with van der Waals surface area (Å²) in [5.41, 5.74) is 1.09. The maximum absolute atomic E-state index is 11.3. The molecule has 1 aliphatic rings. The smallest absolute Gasteiger partial charge is 0.223 e. The van der Waals surface area contributed by atoms with Gasteiger partial charge in [-0.2, -0.15) is 0 Å². The van der Waals surface area contributed by atoms with Crippen molar-refractivity contribution in [3.63, 3.8) is 0 Å². The van der Waals surface area contributed by atoms with Crippen LogP contribution in [0.15, 0.2) is 5.38 Å². The van der Waals surface area contributed by atoms with Gasteiger partial charge >= 0.3 is 0 Å². The van der Waals surface area contributed by atoms with Crippen LogP contribution in [0, 0.1) is 12.8 Å². The third kappa shape index (κ3) is 2.54. The van der Waals surface area contributed by atoms with Crippen LogP contribution < -0.4 is 5.32 Å². The number of aromatic nitrogens is 1. The molecule has 1 aromatic rings. The summed E-state index contributed by atoms with van der Waals surface area (Å²) in [6.07, 6.45) is 2.99. The van der Waals surface area contributed by atoms with E-state index in [4.69, 9.17) is 0 Å². The van der Waals surface area contributed by atoms with Crippen LogP contribution in [-0.4, -0.2) is 17.4 Å². The lowest BCUT2D eigenvalue weighted by atomic mass is 10.3. The molecule has 0 atom stereocenters. The summed E-state index contributed by atoms with van der Waals surface area (Å²) in [6.45, 7) is 2.72. The zero-order valence-electron chi connectivity index (χ0n) is 8.25. The second kappa shape index (κ2) is 4.09. The van der Waals surface area contributed by atoms with Crippen molar-refractivity contribution >= 4 is 17.2 Å². The minimum atomic E-state index is 0.219. The van der Waals surface area contributed by atoms with E-state index in [0.717, 1.165) is 36.5 Å². The number of hydrogen-bond donors (Lipinski definition) is 1. The van der Waals surface area contributed by atoms with Crippen LogP contribution in [0.3, 0.4) is 0 Å². The van der Waals surface area contributed by atoms with E-state index in [-0.39, 0.29) is 5.91 Å². The van der Waals surface area contributed by atoms with E-state index in [0.29, 0.717) is 5.92 Å². The first-order valence-corrected chi connectivity index (χ1v) is 5.82. The van der Waals surface area contributed by atoms with E-state index in [9.17, 15) is 4.79 Å². The second-order valence-electron chi connectivity index (χ2n) is 3.67. The summed E-state index contributed by atoms with van der Waals surface area (Å²) in [7, 11) is 0. The van der Waals surface area contributed by atoms with Gasteiger partial charge in [-0.15, -0.1) is 11.3 Å². The molecule has 3 nitrogen and oxygen atoms in total. The molecule has 1 saturated carbocycles. The van der Waals surface area contributed by atoms with Crippen LogP contribution in [0.25, 0.3) is 0 Å². The SMILES string of the molecule is Cc1nc(CCNC(=O)C2CC2)cs1. The van der Waals surface area contributed by atoms with E-state index >= 15 is 0 Å². The van der Waals surface area contributed by atoms with E-state index in [1.165, 1.54) is 0 Å². The minimum Gasteiger partial charge on any atom is -0.355 e. The maximum atomic E-state index is 11.3. The quantitative estimate of drug-likeness (QED) is 0.818. The van der Waals surface area contributed by atoms with Gasteiger partial charge in [0.2, 0.25) is 5.91 Å². The molecule has 1 amide bonds. The van der Waals surface area contributed by atoms with Crippen molar-refractivity contribution in [3.8, 4) is 0 Å². The Morgan fingerprint density at radius 2 is 2.50 bits per heavy atom. The topological polar surface area (TPSA) is 42.0 Å². The highest BCUT2D eigenvalue weighted by Gasteiger charge is 2.28. The monoisotopic (exact) mass is 210 g/mol. The van der Waals surface area contributed by atoms with Gasteiger partial charge in [-0.25, -0.2) is 4.98 Å². The molecular weight excluding hydrogens is 196 g/mol. The average molecular weight is 210 g/mol. The number of thiazole rings is 1.